The molecule has 3 atom stereocenters. The highest BCUT2D eigenvalue weighted by molar-refractivity contribution is 6.74. The second kappa shape index (κ2) is 15.7. The Morgan fingerprint density at radius 3 is 2.31 bits per heavy atom. The van der Waals surface area contributed by atoms with Crippen molar-refractivity contribution in [3.63, 3.8) is 0 Å². The minimum atomic E-state index is -1.97. The van der Waals surface area contributed by atoms with Gasteiger partial charge in [-0.2, -0.15) is 0 Å². The van der Waals surface area contributed by atoms with Gasteiger partial charge in [0.1, 0.15) is 11.9 Å². The highest BCUT2D eigenvalue weighted by Gasteiger charge is 2.40. The minimum Gasteiger partial charge on any atom is -0.496 e. The lowest BCUT2D eigenvalue weighted by Crippen LogP contribution is -2.43. The fourth-order valence-electron chi connectivity index (χ4n) is 6.60. The molecule has 2 heterocycles. The lowest BCUT2D eigenvalue weighted by molar-refractivity contribution is -0.116. The van der Waals surface area contributed by atoms with Gasteiger partial charge < -0.3 is 24.1 Å². The molecule has 10 heteroatoms. The maximum Gasteiger partial charge on any atom is 0.411 e. The van der Waals surface area contributed by atoms with Crippen molar-refractivity contribution < 1.29 is 23.5 Å². The standard InChI is InChI=1S/C39H52ClN3O5Si/c1-39(2,3)49(6,7)47-25-28-21-33(40)35(24-36(28)46-5)41-37(44)15-11-12-26-16-19-32(27-13-9-8-10-14-27)34(20-26)42-38(45)48-31-22-29-17-18-30(23-31)43(29)4/h8-10,13-14,16,19-21,24,29-31H,11-12,15,17-18,22-23,25H2,1-7H3,(H,41,44)(H,42,45)/t29-,30?,31+/m1/s1. The predicted molar refractivity (Wildman–Crippen MR) is 201 cm³/mol. The summed E-state index contributed by atoms with van der Waals surface area (Å²) in [5.41, 5.74) is 5.00. The molecule has 49 heavy (non-hydrogen) atoms. The maximum atomic E-state index is 13.2. The van der Waals surface area contributed by atoms with Crippen molar-refractivity contribution in [2.24, 2.45) is 0 Å². The van der Waals surface area contributed by atoms with Crippen molar-refractivity contribution in [2.75, 3.05) is 24.8 Å². The number of rotatable bonds is 12. The molecule has 2 saturated heterocycles. The molecule has 0 aromatic heterocycles. The fourth-order valence-corrected chi connectivity index (χ4v) is 7.78. The monoisotopic (exact) mass is 705 g/mol. The van der Waals surface area contributed by atoms with Gasteiger partial charge in [0.2, 0.25) is 5.91 Å². The number of carbonyl (C=O) groups excluding carboxylic acids is 2. The molecule has 3 aromatic rings. The van der Waals surface area contributed by atoms with Gasteiger partial charge in [0.05, 0.1) is 30.1 Å². The van der Waals surface area contributed by atoms with Crippen LogP contribution in [0, 0.1) is 0 Å². The molecule has 2 N–H and O–H groups in total. The molecule has 2 aliphatic heterocycles. The maximum absolute atomic E-state index is 13.2. The van der Waals surface area contributed by atoms with Crippen LogP contribution in [0.3, 0.4) is 0 Å². The molecule has 0 spiro atoms. The summed E-state index contributed by atoms with van der Waals surface area (Å²) in [5, 5.41) is 6.52. The second-order valence-electron chi connectivity index (χ2n) is 15.0. The Labute approximate surface area is 298 Å². The van der Waals surface area contributed by atoms with Crippen LogP contribution < -0.4 is 15.4 Å². The molecule has 1 unspecified atom stereocenters. The molecule has 2 fully saturated rings. The van der Waals surface area contributed by atoms with Gasteiger partial charge in [-0.3, -0.25) is 10.1 Å². The van der Waals surface area contributed by atoms with Gasteiger partial charge in [0.15, 0.2) is 8.32 Å². The molecular formula is C39H52ClN3O5Si. The average Bonchev–Trinajstić information content (AvgIpc) is 3.24. The summed E-state index contributed by atoms with van der Waals surface area (Å²) in [5.74, 6) is 0.489. The zero-order valence-corrected chi connectivity index (χ0v) is 31.8. The van der Waals surface area contributed by atoms with Gasteiger partial charge in [0.25, 0.3) is 0 Å². The van der Waals surface area contributed by atoms with E-state index in [0.717, 1.165) is 35.1 Å². The first-order valence-corrected chi connectivity index (χ1v) is 20.7. The van der Waals surface area contributed by atoms with Crippen LogP contribution in [0.25, 0.3) is 11.1 Å². The number of nitrogens with zero attached hydrogens (tertiary/aromatic N) is 1. The number of hydrogen-bond donors (Lipinski definition) is 2. The summed E-state index contributed by atoms with van der Waals surface area (Å²) in [6.07, 6.45) is 5.17. The number of benzene rings is 3. The Kier molecular flexibility index (Phi) is 11.8. The predicted octanol–water partition coefficient (Wildman–Crippen LogP) is 9.67. The van der Waals surface area contributed by atoms with Crippen LogP contribution in [0.1, 0.15) is 70.4 Å². The third-order valence-electron chi connectivity index (χ3n) is 10.6. The highest BCUT2D eigenvalue weighted by Crippen LogP contribution is 2.39. The third-order valence-corrected chi connectivity index (χ3v) is 15.4. The van der Waals surface area contributed by atoms with E-state index in [2.05, 4.69) is 62.5 Å². The summed E-state index contributed by atoms with van der Waals surface area (Å²) in [7, 11) is 1.82. The second-order valence-corrected chi connectivity index (χ2v) is 20.2. The van der Waals surface area contributed by atoms with E-state index < -0.39 is 14.4 Å². The lowest BCUT2D eigenvalue weighted by Gasteiger charge is -2.36. The van der Waals surface area contributed by atoms with Crippen molar-refractivity contribution in [3.05, 3.63) is 76.8 Å². The van der Waals surface area contributed by atoms with Crippen molar-refractivity contribution >= 4 is 43.3 Å². The molecule has 2 amide bonds. The van der Waals surface area contributed by atoms with Gasteiger partial charge in [-0.1, -0.05) is 74.8 Å². The smallest absolute Gasteiger partial charge is 0.411 e. The topological polar surface area (TPSA) is 89.1 Å². The van der Waals surface area contributed by atoms with E-state index in [4.69, 9.17) is 25.5 Å². The molecule has 0 radical (unpaired) electrons. The fraction of sp³-hybridized carbons (Fsp3) is 0.487. The van der Waals surface area contributed by atoms with Gasteiger partial charge in [-0.15, -0.1) is 0 Å². The van der Waals surface area contributed by atoms with Gasteiger partial charge in [-0.05, 0) is 74.1 Å². The first-order chi connectivity index (χ1) is 23.2. The molecule has 3 aromatic carbocycles. The van der Waals surface area contributed by atoms with Crippen molar-refractivity contribution in [1.82, 2.24) is 4.90 Å². The number of methoxy groups -OCH3 is 1. The van der Waals surface area contributed by atoms with Crippen molar-refractivity contribution in [1.29, 1.82) is 0 Å². The van der Waals surface area contributed by atoms with Crippen molar-refractivity contribution in [3.8, 4) is 16.9 Å². The molecular weight excluding hydrogens is 654 g/mol. The lowest BCUT2D eigenvalue weighted by atomic mass is 9.99. The van der Waals surface area contributed by atoms with E-state index >= 15 is 0 Å². The molecule has 2 bridgehead atoms. The van der Waals surface area contributed by atoms with Crippen LogP contribution in [-0.4, -0.2) is 57.6 Å². The number of amides is 2. The third kappa shape index (κ3) is 9.25. The molecule has 2 aliphatic rings. The Morgan fingerprint density at radius 1 is 0.959 bits per heavy atom. The van der Waals surface area contributed by atoms with Gasteiger partial charge in [-0.25, -0.2) is 4.79 Å². The first kappa shape index (κ1) is 36.9. The Hall–Kier alpha value is -3.37. The highest BCUT2D eigenvalue weighted by atomic mass is 35.5. The van der Waals surface area contributed by atoms with Crippen LogP contribution in [0.4, 0.5) is 16.2 Å². The normalized spacial score (nSPS) is 19.4. The number of nitrogens with one attached hydrogen (secondary N) is 2. The molecule has 0 aliphatic carbocycles. The first-order valence-electron chi connectivity index (χ1n) is 17.4. The Morgan fingerprint density at radius 2 is 1.65 bits per heavy atom. The van der Waals surface area contributed by atoms with E-state index in [1.165, 1.54) is 12.8 Å². The number of piperidine rings is 1. The summed E-state index contributed by atoms with van der Waals surface area (Å²) in [6.45, 7) is 11.4. The Balaban J connectivity index is 1.19. The minimum absolute atomic E-state index is 0.0733. The van der Waals surface area contributed by atoms with Crippen LogP contribution in [0.5, 0.6) is 5.75 Å². The molecule has 264 valence electrons. The quantitative estimate of drug-likeness (QED) is 0.183. The summed E-state index contributed by atoms with van der Waals surface area (Å²) < 4.78 is 18.0. The van der Waals surface area contributed by atoms with Crippen LogP contribution in [0.2, 0.25) is 23.2 Å². The number of ether oxygens (including phenoxy) is 2. The number of halogens is 1. The van der Waals surface area contributed by atoms with Gasteiger partial charge >= 0.3 is 6.09 Å². The van der Waals surface area contributed by atoms with E-state index in [1.54, 1.807) is 13.2 Å². The zero-order chi connectivity index (χ0) is 35.3. The number of carbonyl (C=O) groups is 2. The van der Waals surface area contributed by atoms with E-state index in [1.807, 2.05) is 48.5 Å². The van der Waals surface area contributed by atoms with E-state index in [0.29, 0.717) is 60.1 Å². The zero-order valence-electron chi connectivity index (χ0n) is 30.0. The van der Waals surface area contributed by atoms with Crippen molar-refractivity contribution in [2.45, 2.75) is 109 Å². The van der Waals surface area contributed by atoms with Gasteiger partial charge in [0, 0.05) is 48.5 Å². The van der Waals surface area contributed by atoms with Crippen LogP contribution in [0.15, 0.2) is 60.7 Å². The summed E-state index contributed by atoms with van der Waals surface area (Å²) >= 11 is 6.62. The molecule has 0 saturated carbocycles. The summed E-state index contributed by atoms with van der Waals surface area (Å²) in [4.78, 5) is 28.6. The van der Waals surface area contributed by atoms with E-state index in [9.17, 15) is 9.59 Å². The number of anilines is 2. The van der Waals surface area contributed by atoms with Crippen LogP contribution in [-0.2, 0) is 27.0 Å². The van der Waals surface area contributed by atoms with E-state index in [-0.39, 0.29) is 17.0 Å². The Bertz CT molecular complexity index is 1610. The molecule has 5 rings (SSSR count). The average molecular weight is 706 g/mol. The largest absolute Gasteiger partial charge is 0.496 e. The molecule has 8 nitrogen and oxygen atoms in total. The number of hydrogen-bond acceptors (Lipinski definition) is 6. The van der Waals surface area contributed by atoms with Crippen LogP contribution >= 0.6 is 11.6 Å². The number of aryl methyl sites for hydroxylation is 1. The summed E-state index contributed by atoms with van der Waals surface area (Å²) in [6, 6.07) is 20.6. The SMILES string of the molecule is COc1cc(NC(=O)CCCc2ccc(-c3ccccc3)c(NC(=O)O[C@@H]3CC4CC[C@H](C3)N4C)c2)c(Cl)cc1CO[Si](C)(C)C(C)(C)C. The number of fused-ring (bicyclic) bond motifs is 2.